The number of amides is 3. The second-order valence-corrected chi connectivity index (χ2v) is 16.3. The zero-order valence-electron chi connectivity index (χ0n) is 26.9. The number of nitrogens with zero attached hydrogens (tertiary/aromatic N) is 2. The maximum atomic E-state index is 14.3. The van der Waals surface area contributed by atoms with Crippen LogP contribution >= 0.6 is 11.3 Å². The molecule has 2 aliphatic heterocycles. The third-order valence-corrected chi connectivity index (χ3v) is 12.1. The molecular weight excluding hydrogens is 662 g/mol. The average Bonchev–Trinajstić information content (AvgIpc) is 3.93. The SMILES string of the molecule is CC(=O)O[C@@H]1C[C@H]2C(=O)N[C@]3(C(=O)NS(=O)(=O)C4CC4)C[C@H]3/C=C\CCCCC[C@H](Nc3nc(-c4ccc(F)cc4)c(C)s3)C(=O)N2C1. The number of ether oxygens (including phenoxy) is 1. The first kappa shape index (κ1) is 34.0. The van der Waals surface area contributed by atoms with E-state index >= 15 is 0 Å². The minimum Gasteiger partial charge on any atom is -0.461 e. The van der Waals surface area contributed by atoms with E-state index < -0.39 is 62.7 Å². The second-order valence-electron chi connectivity index (χ2n) is 13.1. The molecule has 3 N–H and O–H groups in total. The summed E-state index contributed by atoms with van der Waals surface area (Å²) in [4.78, 5) is 60.7. The van der Waals surface area contributed by atoms with Crippen LogP contribution in [0.4, 0.5) is 9.52 Å². The monoisotopic (exact) mass is 701 g/mol. The molecule has 12 nitrogen and oxygen atoms in total. The van der Waals surface area contributed by atoms with E-state index in [1.807, 2.05) is 19.1 Å². The van der Waals surface area contributed by atoms with Gasteiger partial charge in [-0.1, -0.05) is 25.0 Å². The van der Waals surface area contributed by atoms with Gasteiger partial charge in [-0.3, -0.25) is 23.9 Å². The van der Waals surface area contributed by atoms with Gasteiger partial charge in [0.15, 0.2) is 5.13 Å². The number of benzene rings is 1. The van der Waals surface area contributed by atoms with E-state index in [9.17, 15) is 32.0 Å². The summed E-state index contributed by atoms with van der Waals surface area (Å²) >= 11 is 1.36. The number of thiazole rings is 1. The van der Waals surface area contributed by atoms with Crippen molar-refractivity contribution in [1.29, 1.82) is 0 Å². The van der Waals surface area contributed by atoms with Gasteiger partial charge in [0.2, 0.25) is 21.8 Å². The molecule has 2 saturated carbocycles. The quantitative estimate of drug-likeness (QED) is 0.289. The predicted octanol–water partition coefficient (Wildman–Crippen LogP) is 3.57. The van der Waals surface area contributed by atoms with Crippen molar-refractivity contribution in [1.82, 2.24) is 19.9 Å². The van der Waals surface area contributed by atoms with Gasteiger partial charge in [-0.25, -0.2) is 17.8 Å². The molecule has 15 heteroatoms. The first-order valence-corrected chi connectivity index (χ1v) is 18.7. The fraction of sp³-hybridized carbons (Fsp3) is 0.545. The van der Waals surface area contributed by atoms with Crippen LogP contribution in [0.2, 0.25) is 0 Å². The Morgan fingerprint density at radius 2 is 1.88 bits per heavy atom. The Balaban J connectivity index is 1.27. The van der Waals surface area contributed by atoms with Gasteiger partial charge in [-0.05, 0) is 69.7 Å². The van der Waals surface area contributed by atoms with Crippen molar-refractivity contribution >= 4 is 50.2 Å². The number of hydrogen-bond donors (Lipinski definition) is 3. The third-order valence-electron chi connectivity index (χ3n) is 9.39. The topological polar surface area (TPSA) is 164 Å². The molecule has 258 valence electrons. The number of nitrogens with one attached hydrogen (secondary N) is 3. The number of carbonyl (C=O) groups excluding carboxylic acids is 4. The Labute approximate surface area is 282 Å². The van der Waals surface area contributed by atoms with E-state index in [1.54, 1.807) is 12.1 Å². The fourth-order valence-corrected chi connectivity index (χ4v) is 8.82. The van der Waals surface area contributed by atoms with Gasteiger partial charge in [-0.2, -0.15) is 0 Å². The first-order valence-electron chi connectivity index (χ1n) is 16.4. The summed E-state index contributed by atoms with van der Waals surface area (Å²) in [6.07, 6.45) is 7.79. The van der Waals surface area contributed by atoms with E-state index in [-0.39, 0.29) is 31.1 Å². The molecule has 6 rings (SSSR count). The molecule has 4 aliphatic rings. The zero-order chi connectivity index (χ0) is 34.2. The molecule has 48 heavy (non-hydrogen) atoms. The molecular formula is C33H40FN5O7S2. The largest absolute Gasteiger partial charge is 0.461 e. The van der Waals surface area contributed by atoms with Gasteiger partial charge in [-0.15, -0.1) is 11.3 Å². The standard InChI is InChI=1S/C33H40FN5O7S2/c1-19-28(21-10-12-23(34)13-11-21)36-32(47-19)35-26-9-7-5-3-4-6-8-22-17-33(22,31(43)38-48(44,45)25-14-15-25)37-29(41)27-16-24(46-20(2)40)18-39(27)30(26)42/h6,8,10-13,22,24-27H,3-5,7,9,14-18H2,1-2H3,(H,35,36)(H,37,41)(H,38,43)/b8-6-/t22-,24-,26+,27+,33-/m1/s1. The van der Waals surface area contributed by atoms with E-state index in [2.05, 4.69) is 15.4 Å². The van der Waals surface area contributed by atoms with Crippen molar-refractivity contribution in [3.63, 3.8) is 0 Å². The molecule has 0 bridgehead atoms. The number of carbonyl (C=O) groups is 4. The van der Waals surface area contributed by atoms with Crippen LogP contribution in [0, 0.1) is 18.7 Å². The van der Waals surface area contributed by atoms with Crippen LogP contribution in [-0.2, 0) is 33.9 Å². The van der Waals surface area contributed by atoms with Crippen LogP contribution in [0.5, 0.6) is 0 Å². The van der Waals surface area contributed by atoms with Gasteiger partial charge >= 0.3 is 5.97 Å². The van der Waals surface area contributed by atoms with E-state index in [1.165, 1.54) is 35.3 Å². The Morgan fingerprint density at radius 1 is 1.12 bits per heavy atom. The summed E-state index contributed by atoms with van der Waals surface area (Å²) in [7, 11) is -3.86. The molecule has 2 aromatic rings. The second kappa shape index (κ2) is 13.6. The summed E-state index contributed by atoms with van der Waals surface area (Å²) in [5.74, 6) is -3.10. The molecule has 0 unspecified atom stereocenters. The number of anilines is 1. The van der Waals surface area contributed by atoms with Gasteiger partial charge in [0.05, 0.1) is 17.5 Å². The number of rotatable bonds is 7. The fourth-order valence-electron chi connectivity index (χ4n) is 6.56. The Morgan fingerprint density at radius 3 is 2.58 bits per heavy atom. The summed E-state index contributed by atoms with van der Waals surface area (Å²) < 4.78 is 46.5. The van der Waals surface area contributed by atoms with Crippen LogP contribution in [0.3, 0.4) is 0 Å². The number of esters is 1. The number of aromatic nitrogens is 1. The average molecular weight is 702 g/mol. The maximum Gasteiger partial charge on any atom is 0.302 e. The Hall–Kier alpha value is -3.85. The molecule has 5 atom stereocenters. The molecule has 3 heterocycles. The number of fused-ring (bicyclic) bond motifs is 2. The maximum absolute atomic E-state index is 14.3. The molecule has 1 aromatic carbocycles. The summed E-state index contributed by atoms with van der Waals surface area (Å²) in [6, 6.07) is 4.18. The van der Waals surface area contributed by atoms with Gasteiger partial charge in [0, 0.05) is 29.7 Å². The lowest BCUT2D eigenvalue weighted by molar-refractivity contribution is -0.146. The van der Waals surface area contributed by atoms with Crippen LogP contribution < -0.4 is 15.4 Å². The number of aryl methyl sites for hydroxylation is 1. The molecule has 2 aliphatic carbocycles. The third kappa shape index (κ3) is 7.41. The minimum atomic E-state index is -3.86. The summed E-state index contributed by atoms with van der Waals surface area (Å²) in [5, 5.41) is 5.99. The number of halogens is 1. The van der Waals surface area contributed by atoms with Gasteiger partial charge in [0.25, 0.3) is 5.91 Å². The summed E-state index contributed by atoms with van der Waals surface area (Å²) in [5.41, 5.74) is -0.0727. The normalized spacial score (nSPS) is 28.6. The van der Waals surface area contributed by atoms with Crippen LogP contribution in [-0.4, -0.2) is 77.5 Å². The van der Waals surface area contributed by atoms with E-state index in [0.29, 0.717) is 36.5 Å². The van der Waals surface area contributed by atoms with Crippen LogP contribution in [0.1, 0.15) is 69.6 Å². The number of allylic oxidation sites excluding steroid dienone is 1. The van der Waals surface area contributed by atoms with Crippen molar-refractivity contribution in [3.8, 4) is 11.3 Å². The van der Waals surface area contributed by atoms with E-state index in [4.69, 9.17) is 9.72 Å². The van der Waals surface area contributed by atoms with Crippen molar-refractivity contribution in [3.05, 3.63) is 47.1 Å². The Kier molecular flexibility index (Phi) is 9.62. The lowest BCUT2D eigenvalue weighted by Gasteiger charge is -2.29. The van der Waals surface area contributed by atoms with Crippen LogP contribution in [0.25, 0.3) is 11.3 Å². The van der Waals surface area contributed by atoms with Gasteiger partial charge in [0.1, 0.15) is 29.5 Å². The smallest absolute Gasteiger partial charge is 0.302 e. The molecule has 3 amide bonds. The molecule has 0 spiro atoms. The van der Waals surface area contributed by atoms with Gasteiger partial charge < -0.3 is 20.3 Å². The Bertz CT molecular complexity index is 1730. The van der Waals surface area contributed by atoms with Crippen molar-refractivity contribution < 1.29 is 36.7 Å². The highest BCUT2D eigenvalue weighted by atomic mass is 32.2. The number of sulfonamides is 1. The zero-order valence-corrected chi connectivity index (χ0v) is 28.5. The highest BCUT2D eigenvalue weighted by Gasteiger charge is 2.62. The first-order chi connectivity index (χ1) is 22.9. The molecule has 3 fully saturated rings. The summed E-state index contributed by atoms with van der Waals surface area (Å²) in [6.45, 7) is 3.13. The van der Waals surface area contributed by atoms with Crippen LogP contribution in [0.15, 0.2) is 36.4 Å². The van der Waals surface area contributed by atoms with Crippen molar-refractivity contribution in [2.24, 2.45) is 5.92 Å². The number of hydrogen-bond acceptors (Lipinski definition) is 10. The van der Waals surface area contributed by atoms with Crippen molar-refractivity contribution in [2.75, 3.05) is 11.9 Å². The highest BCUT2D eigenvalue weighted by molar-refractivity contribution is 7.91. The molecule has 0 radical (unpaired) electrons. The van der Waals surface area contributed by atoms with Crippen molar-refractivity contribution in [2.45, 2.75) is 101 Å². The highest BCUT2D eigenvalue weighted by Crippen LogP contribution is 2.46. The lowest BCUT2D eigenvalue weighted by Crippen LogP contribution is -2.57. The van der Waals surface area contributed by atoms with E-state index in [0.717, 1.165) is 29.7 Å². The minimum absolute atomic E-state index is 0.0214. The molecule has 1 saturated heterocycles. The molecule has 1 aromatic heterocycles. The predicted molar refractivity (Wildman–Crippen MR) is 177 cm³/mol. The lowest BCUT2D eigenvalue weighted by atomic mass is 10.1.